The van der Waals surface area contributed by atoms with Crippen LogP contribution in [-0.2, 0) is 9.59 Å². The number of nitrogen functional groups attached to an aromatic ring is 1. The number of likely N-dealkylation sites (tertiary alicyclic amines) is 1. The van der Waals surface area contributed by atoms with Crippen LogP contribution in [0.3, 0.4) is 0 Å². The van der Waals surface area contributed by atoms with Gasteiger partial charge in [0.1, 0.15) is 5.82 Å². The van der Waals surface area contributed by atoms with E-state index < -0.39 is 0 Å². The summed E-state index contributed by atoms with van der Waals surface area (Å²) in [7, 11) is 0. The Bertz CT molecular complexity index is 879. The van der Waals surface area contributed by atoms with E-state index in [-0.39, 0.29) is 30.0 Å². The van der Waals surface area contributed by atoms with Crippen molar-refractivity contribution in [1.82, 2.24) is 20.1 Å². The van der Waals surface area contributed by atoms with Gasteiger partial charge in [-0.2, -0.15) is 4.98 Å². The van der Waals surface area contributed by atoms with E-state index in [0.29, 0.717) is 25.1 Å². The summed E-state index contributed by atoms with van der Waals surface area (Å²) in [6.07, 6.45) is 3.06. The Morgan fingerprint density at radius 3 is 2.59 bits per heavy atom. The molecule has 7 nitrogen and oxygen atoms in total. The molecule has 27 heavy (non-hydrogen) atoms. The molecule has 1 aromatic heterocycles. The summed E-state index contributed by atoms with van der Waals surface area (Å²) in [6, 6.07) is 9.90. The van der Waals surface area contributed by atoms with Crippen LogP contribution in [-0.4, -0.2) is 44.9 Å². The highest BCUT2D eigenvalue weighted by molar-refractivity contribution is 6.10. The van der Waals surface area contributed by atoms with E-state index in [1.807, 2.05) is 35.2 Å². The Hall–Kier alpha value is -2.96. The van der Waals surface area contributed by atoms with Gasteiger partial charge >= 0.3 is 0 Å². The first-order valence-electron chi connectivity index (χ1n) is 9.38. The Balaban J connectivity index is 1.42. The fourth-order valence-electron chi connectivity index (χ4n) is 4.01. The average Bonchev–Trinajstić information content (AvgIpc) is 3.29. The van der Waals surface area contributed by atoms with Gasteiger partial charge in [-0.3, -0.25) is 14.7 Å². The van der Waals surface area contributed by atoms with Gasteiger partial charge in [0.15, 0.2) is 5.78 Å². The smallest absolute Gasteiger partial charge is 0.239 e. The van der Waals surface area contributed by atoms with E-state index >= 15 is 0 Å². The Morgan fingerprint density at radius 1 is 1.19 bits per heavy atom. The van der Waals surface area contributed by atoms with Gasteiger partial charge in [-0.15, -0.1) is 5.10 Å². The summed E-state index contributed by atoms with van der Waals surface area (Å²) in [4.78, 5) is 31.2. The standard InChI is InChI=1S/C20H23N5O2/c21-20-22-19(23-24-20)14-8-10-25(11-9-14)18(27)12-16-15(6-7-17(16)26)13-4-2-1-3-5-13/h1-5,14H,6-12H2,(H3,21,22,23,24). The number of carbonyl (C=O) groups is 2. The molecule has 0 radical (unpaired) electrons. The molecule has 2 aliphatic rings. The second-order valence-electron chi connectivity index (χ2n) is 7.16. The quantitative estimate of drug-likeness (QED) is 0.865. The second kappa shape index (κ2) is 7.34. The summed E-state index contributed by atoms with van der Waals surface area (Å²) in [5.74, 6) is 1.42. The van der Waals surface area contributed by atoms with Crippen molar-refractivity contribution in [2.45, 2.75) is 38.0 Å². The van der Waals surface area contributed by atoms with Crippen molar-refractivity contribution < 1.29 is 9.59 Å². The van der Waals surface area contributed by atoms with Gasteiger partial charge in [-0.05, 0) is 30.4 Å². The highest BCUT2D eigenvalue weighted by Crippen LogP contribution is 2.34. The van der Waals surface area contributed by atoms with Crippen LogP contribution in [0.5, 0.6) is 0 Å². The number of allylic oxidation sites excluding steroid dienone is 1. The van der Waals surface area contributed by atoms with Gasteiger partial charge < -0.3 is 10.6 Å². The number of piperidine rings is 1. The molecular formula is C20H23N5O2. The third-order valence-electron chi connectivity index (χ3n) is 5.51. The lowest BCUT2D eigenvalue weighted by molar-refractivity contribution is -0.132. The number of nitrogens with one attached hydrogen (secondary N) is 1. The number of hydrogen-bond donors (Lipinski definition) is 2. The number of carbonyl (C=O) groups excluding carboxylic acids is 2. The number of aromatic amines is 1. The molecule has 7 heteroatoms. The lowest BCUT2D eigenvalue weighted by atomic mass is 9.95. The molecule has 0 unspecified atom stereocenters. The maximum atomic E-state index is 12.8. The van der Waals surface area contributed by atoms with E-state index in [0.717, 1.165) is 36.2 Å². The van der Waals surface area contributed by atoms with E-state index in [4.69, 9.17) is 5.73 Å². The van der Waals surface area contributed by atoms with Crippen LogP contribution < -0.4 is 5.73 Å². The van der Waals surface area contributed by atoms with Crippen molar-refractivity contribution in [3.05, 3.63) is 47.3 Å². The SMILES string of the molecule is Nc1n[nH]c(C2CCN(C(=O)CC3=C(c4ccccc4)CCC3=O)CC2)n1. The van der Waals surface area contributed by atoms with Crippen LogP contribution in [0.25, 0.3) is 5.57 Å². The number of benzene rings is 1. The van der Waals surface area contributed by atoms with Gasteiger partial charge in [0.25, 0.3) is 0 Å². The molecular weight excluding hydrogens is 342 g/mol. The zero-order valence-corrected chi connectivity index (χ0v) is 15.1. The summed E-state index contributed by atoms with van der Waals surface area (Å²) >= 11 is 0. The topological polar surface area (TPSA) is 105 Å². The van der Waals surface area contributed by atoms with Crippen LogP contribution in [0.4, 0.5) is 5.95 Å². The van der Waals surface area contributed by atoms with E-state index in [9.17, 15) is 9.59 Å². The maximum absolute atomic E-state index is 12.8. The van der Waals surface area contributed by atoms with Gasteiger partial charge in [-0.1, -0.05) is 30.3 Å². The highest BCUT2D eigenvalue weighted by atomic mass is 16.2. The zero-order valence-electron chi connectivity index (χ0n) is 15.1. The number of amides is 1. The number of aromatic nitrogens is 3. The minimum absolute atomic E-state index is 0.0317. The molecule has 0 atom stereocenters. The average molecular weight is 365 g/mol. The van der Waals surface area contributed by atoms with Crippen LogP contribution in [0.2, 0.25) is 0 Å². The summed E-state index contributed by atoms with van der Waals surface area (Å²) < 4.78 is 0. The third-order valence-corrected chi connectivity index (χ3v) is 5.51. The lowest BCUT2D eigenvalue weighted by Gasteiger charge is -2.31. The predicted octanol–water partition coefficient (Wildman–Crippen LogP) is 2.30. The molecule has 1 fully saturated rings. The van der Waals surface area contributed by atoms with Crippen LogP contribution >= 0.6 is 0 Å². The molecule has 4 rings (SSSR count). The van der Waals surface area contributed by atoms with Crippen molar-refractivity contribution in [3.63, 3.8) is 0 Å². The second-order valence-corrected chi connectivity index (χ2v) is 7.16. The Morgan fingerprint density at radius 2 is 1.93 bits per heavy atom. The number of ketones is 1. The van der Waals surface area contributed by atoms with Crippen molar-refractivity contribution in [1.29, 1.82) is 0 Å². The number of rotatable bonds is 4. The van der Waals surface area contributed by atoms with E-state index in [1.165, 1.54) is 0 Å². The lowest BCUT2D eigenvalue weighted by Crippen LogP contribution is -2.38. The predicted molar refractivity (Wildman–Crippen MR) is 102 cm³/mol. The first-order valence-corrected chi connectivity index (χ1v) is 9.38. The zero-order chi connectivity index (χ0) is 18.8. The Kier molecular flexibility index (Phi) is 4.75. The number of hydrogen-bond acceptors (Lipinski definition) is 5. The molecule has 1 amide bonds. The van der Waals surface area contributed by atoms with E-state index in [2.05, 4.69) is 15.2 Å². The fourth-order valence-corrected chi connectivity index (χ4v) is 4.01. The summed E-state index contributed by atoms with van der Waals surface area (Å²) in [5.41, 5.74) is 8.34. The summed E-state index contributed by atoms with van der Waals surface area (Å²) in [6.45, 7) is 1.32. The van der Waals surface area contributed by atoms with Crippen molar-refractivity contribution in [2.24, 2.45) is 0 Å². The van der Waals surface area contributed by atoms with Crippen molar-refractivity contribution >= 4 is 23.2 Å². The molecule has 0 saturated carbocycles. The van der Waals surface area contributed by atoms with Crippen LogP contribution in [0, 0.1) is 0 Å². The largest absolute Gasteiger partial charge is 0.367 e. The van der Waals surface area contributed by atoms with Crippen molar-refractivity contribution in [3.8, 4) is 0 Å². The number of Topliss-reactive ketones (excluding diaryl/α,β-unsaturated/α-hetero) is 1. The van der Waals surface area contributed by atoms with Crippen molar-refractivity contribution in [2.75, 3.05) is 18.8 Å². The molecule has 3 N–H and O–H groups in total. The molecule has 1 aromatic carbocycles. The van der Waals surface area contributed by atoms with Crippen LogP contribution in [0.15, 0.2) is 35.9 Å². The number of nitrogens with two attached hydrogens (primary N) is 1. The normalized spacial score (nSPS) is 18.4. The molecule has 0 bridgehead atoms. The van der Waals surface area contributed by atoms with Gasteiger partial charge in [0.05, 0.1) is 6.42 Å². The highest BCUT2D eigenvalue weighted by Gasteiger charge is 2.30. The number of H-pyrrole nitrogens is 1. The molecule has 2 aromatic rings. The molecule has 1 aliphatic carbocycles. The summed E-state index contributed by atoms with van der Waals surface area (Å²) in [5, 5.41) is 6.74. The molecule has 2 heterocycles. The van der Waals surface area contributed by atoms with E-state index in [1.54, 1.807) is 0 Å². The Labute approximate surface area is 157 Å². The minimum atomic E-state index is 0.0317. The van der Waals surface area contributed by atoms with Gasteiger partial charge in [-0.25, -0.2) is 0 Å². The minimum Gasteiger partial charge on any atom is -0.367 e. The molecule has 140 valence electrons. The monoisotopic (exact) mass is 365 g/mol. The maximum Gasteiger partial charge on any atom is 0.239 e. The number of nitrogens with zero attached hydrogens (tertiary/aromatic N) is 3. The number of anilines is 1. The third kappa shape index (κ3) is 3.63. The molecule has 0 spiro atoms. The molecule has 1 saturated heterocycles. The van der Waals surface area contributed by atoms with Gasteiger partial charge in [0.2, 0.25) is 11.9 Å². The van der Waals surface area contributed by atoms with Crippen LogP contribution in [0.1, 0.15) is 49.4 Å². The first kappa shape index (κ1) is 17.5. The molecule has 1 aliphatic heterocycles. The van der Waals surface area contributed by atoms with Gasteiger partial charge in [0, 0.05) is 31.0 Å². The fraction of sp³-hybridized carbons (Fsp3) is 0.400. The first-order chi connectivity index (χ1) is 13.1.